The Labute approximate surface area is 114 Å². The second-order valence-electron chi connectivity index (χ2n) is 3.84. The first-order valence-electron chi connectivity index (χ1n) is 5.78. The molecule has 3 aromatic rings. The van der Waals surface area contributed by atoms with Crippen molar-refractivity contribution in [3.63, 3.8) is 0 Å². The molecular weight excluding hydrogens is 260 g/mol. The molecular formula is C12H12N6S. The van der Waals surface area contributed by atoms with Gasteiger partial charge in [0, 0.05) is 19.0 Å². The highest BCUT2D eigenvalue weighted by molar-refractivity contribution is 7.98. The standard InChI is InChI=1S/C12H12N6S/c1-13-10-7-14-9(6-15-10)8-19-12-17-16-11-4-2-3-5-18(11)12/h2-7H,8H2,1H3,(H,13,15). The highest BCUT2D eigenvalue weighted by Gasteiger charge is 2.06. The van der Waals surface area contributed by atoms with Crippen molar-refractivity contribution in [3.05, 3.63) is 42.5 Å². The Morgan fingerprint density at radius 2 is 2.16 bits per heavy atom. The highest BCUT2D eigenvalue weighted by Crippen LogP contribution is 2.20. The van der Waals surface area contributed by atoms with Crippen LogP contribution in [-0.4, -0.2) is 31.6 Å². The van der Waals surface area contributed by atoms with Crippen LogP contribution in [0, 0.1) is 0 Å². The Bertz CT molecular complexity index is 678. The normalized spacial score (nSPS) is 10.8. The summed E-state index contributed by atoms with van der Waals surface area (Å²) in [5, 5.41) is 12.1. The molecule has 0 aromatic carbocycles. The van der Waals surface area contributed by atoms with E-state index in [0.717, 1.165) is 22.3 Å². The summed E-state index contributed by atoms with van der Waals surface area (Å²) in [5.41, 5.74) is 1.76. The molecule has 0 amide bonds. The number of aromatic nitrogens is 5. The summed E-state index contributed by atoms with van der Waals surface area (Å²) in [4.78, 5) is 8.56. The summed E-state index contributed by atoms with van der Waals surface area (Å²) < 4.78 is 1.96. The minimum absolute atomic E-state index is 0.715. The van der Waals surface area contributed by atoms with Crippen LogP contribution in [0.5, 0.6) is 0 Å². The first-order chi connectivity index (χ1) is 9.36. The van der Waals surface area contributed by atoms with E-state index in [-0.39, 0.29) is 0 Å². The average Bonchev–Trinajstić information content (AvgIpc) is 2.89. The molecule has 0 unspecified atom stereocenters. The number of hydrogen-bond acceptors (Lipinski definition) is 6. The van der Waals surface area contributed by atoms with E-state index in [1.165, 1.54) is 0 Å². The number of hydrogen-bond donors (Lipinski definition) is 1. The summed E-state index contributed by atoms with van der Waals surface area (Å²) >= 11 is 1.59. The number of pyridine rings is 1. The van der Waals surface area contributed by atoms with Crippen molar-refractivity contribution in [2.75, 3.05) is 12.4 Å². The topological polar surface area (TPSA) is 68.0 Å². The Kier molecular flexibility index (Phi) is 3.28. The number of thioether (sulfide) groups is 1. The molecule has 3 heterocycles. The zero-order valence-electron chi connectivity index (χ0n) is 10.3. The number of nitrogens with one attached hydrogen (secondary N) is 1. The number of fused-ring (bicyclic) bond motifs is 1. The lowest BCUT2D eigenvalue weighted by Gasteiger charge is -2.01. The van der Waals surface area contributed by atoms with E-state index in [9.17, 15) is 0 Å². The maximum Gasteiger partial charge on any atom is 0.195 e. The van der Waals surface area contributed by atoms with Crippen LogP contribution in [0.25, 0.3) is 5.65 Å². The van der Waals surface area contributed by atoms with E-state index in [2.05, 4.69) is 25.5 Å². The Morgan fingerprint density at radius 3 is 2.95 bits per heavy atom. The lowest BCUT2D eigenvalue weighted by Crippen LogP contribution is -1.96. The fraction of sp³-hybridized carbons (Fsp3) is 0.167. The second kappa shape index (κ2) is 5.23. The largest absolute Gasteiger partial charge is 0.372 e. The van der Waals surface area contributed by atoms with Crippen molar-refractivity contribution in [2.24, 2.45) is 0 Å². The van der Waals surface area contributed by atoms with Gasteiger partial charge in [-0.25, -0.2) is 4.98 Å². The van der Waals surface area contributed by atoms with E-state index in [0.29, 0.717) is 5.75 Å². The third-order valence-corrected chi connectivity index (χ3v) is 3.57. The molecule has 0 aliphatic rings. The molecule has 0 fully saturated rings. The Hall–Kier alpha value is -2.15. The predicted molar refractivity (Wildman–Crippen MR) is 74.1 cm³/mol. The van der Waals surface area contributed by atoms with E-state index < -0.39 is 0 Å². The quantitative estimate of drug-likeness (QED) is 0.731. The summed E-state index contributed by atoms with van der Waals surface area (Å²) in [6.07, 6.45) is 5.44. The zero-order chi connectivity index (χ0) is 13.1. The maximum absolute atomic E-state index is 4.33. The van der Waals surface area contributed by atoms with Crippen LogP contribution in [0.2, 0.25) is 0 Å². The first-order valence-corrected chi connectivity index (χ1v) is 6.76. The van der Waals surface area contributed by atoms with Crippen LogP contribution < -0.4 is 5.32 Å². The van der Waals surface area contributed by atoms with E-state index in [1.54, 1.807) is 24.2 Å². The molecule has 0 radical (unpaired) electrons. The second-order valence-corrected chi connectivity index (χ2v) is 4.79. The molecule has 3 aromatic heterocycles. The van der Waals surface area contributed by atoms with Crippen molar-refractivity contribution in [3.8, 4) is 0 Å². The molecule has 0 atom stereocenters. The smallest absolute Gasteiger partial charge is 0.195 e. The van der Waals surface area contributed by atoms with Gasteiger partial charge in [0.2, 0.25) is 0 Å². The number of anilines is 1. The monoisotopic (exact) mass is 272 g/mol. The van der Waals surface area contributed by atoms with Gasteiger partial charge in [-0.05, 0) is 12.1 Å². The van der Waals surface area contributed by atoms with Gasteiger partial charge in [-0.2, -0.15) is 0 Å². The fourth-order valence-corrected chi connectivity index (χ4v) is 2.43. The minimum atomic E-state index is 0.715. The van der Waals surface area contributed by atoms with Crippen molar-refractivity contribution in [1.82, 2.24) is 24.6 Å². The van der Waals surface area contributed by atoms with Crippen molar-refractivity contribution in [2.45, 2.75) is 10.9 Å². The van der Waals surface area contributed by atoms with Gasteiger partial charge in [-0.3, -0.25) is 9.38 Å². The first kappa shape index (κ1) is 11.9. The third kappa shape index (κ3) is 2.50. The molecule has 0 saturated heterocycles. The Balaban J connectivity index is 1.74. The van der Waals surface area contributed by atoms with Gasteiger partial charge in [0.05, 0.1) is 18.1 Å². The van der Waals surface area contributed by atoms with Crippen molar-refractivity contribution >= 4 is 23.2 Å². The van der Waals surface area contributed by atoms with Gasteiger partial charge in [-0.1, -0.05) is 17.8 Å². The van der Waals surface area contributed by atoms with Crippen LogP contribution in [-0.2, 0) is 5.75 Å². The summed E-state index contributed by atoms with van der Waals surface area (Å²) in [7, 11) is 1.82. The van der Waals surface area contributed by atoms with E-state index >= 15 is 0 Å². The minimum Gasteiger partial charge on any atom is -0.372 e. The van der Waals surface area contributed by atoms with Gasteiger partial charge in [0.15, 0.2) is 10.8 Å². The van der Waals surface area contributed by atoms with Crippen LogP contribution in [0.1, 0.15) is 5.69 Å². The SMILES string of the molecule is CNc1cnc(CSc2nnc3ccccn23)cn1. The molecule has 0 saturated carbocycles. The molecule has 1 N–H and O–H groups in total. The lowest BCUT2D eigenvalue weighted by atomic mass is 10.5. The van der Waals surface area contributed by atoms with Crippen LogP contribution >= 0.6 is 11.8 Å². The van der Waals surface area contributed by atoms with E-state index in [1.807, 2.05) is 35.8 Å². The van der Waals surface area contributed by atoms with Crippen LogP contribution in [0.3, 0.4) is 0 Å². The van der Waals surface area contributed by atoms with Crippen LogP contribution in [0.15, 0.2) is 41.9 Å². The molecule has 6 nitrogen and oxygen atoms in total. The van der Waals surface area contributed by atoms with Crippen molar-refractivity contribution < 1.29 is 0 Å². The predicted octanol–water partition coefficient (Wildman–Crippen LogP) is 1.85. The van der Waals surface area contributed by atoms with Gasteiger partial charge in [0.1, 0.15) is 5.82 Å². The molecule has 0 aliphatic heterocycles. The molecule has 96 valence electrons. The van der Waals surface area contributed by atoms with Gasteiger partial charge in [-0.15, -0.1) is 10.2 Å². The molecule has 7 heteroatoms. The third-order valence-electron chi connectivity index (χ3n) is 2.59. The fourth-order valence-electron chi connectivity index (χ4n) is 1.61. The zero-order valence-corrected chi connectivity index (χ0v) is 11.1. The van der Waals surface area contributed by atoms with E-state index in [4.69, 9.17) is 0 Å². The number of rotatable bonds is 4. The average molecular weight is 272 g/mol. The summed E-state index contributed by atoms with van der Waals surface area (Å²) in [5.74, 6) is 1.48. The highest BCUT2D eigenvalue weighted by atomic mass is 32.2. The molecule has 19 heavy (non-hydrogen) atoms. The van der Waals surface area contributed by atoms with Gasteiger partial charge >= 0.3 is 0 Å². The van der Waals surface area contributed by atoms with Crippen molar-refractivity contribution in [1.29, 1.82) is 0 Å². The van der Waals surface area contributed by atoms with Crippen LogP contribution in [0.4, 0.5) is 5.82 Å². The summed E-state index contributed by atoms with van der Waals surface area (Å²) in [6.45, 7) is 0. The summed E-state index contributed by atoms with van der Waals surface area (Å²) in [6, 6.07) is 5.83. The van der Waals surface area contributed by atoms with Gasteiger partial charge in [0.25, 0.3) is 0 Å². The molecule has 0 aliphatic carbocycles. The van der Waals surface area contributed by atoms with Gasteiger partial charge < -0.3 is 5.32 Å². The number of nitrogens with zero attached hydrogens (tertiary/aromatic N) is 5. The molecule has 3 rings (SSSR count). The maximum atomic E-state index is 4.33. The molecule has 0 spiro atoms. The Morgan fingerprint density at radius 1 is 1.21 bits per heavy atom. The molecule has 0 bridgehead atoms. The lowest BCUT2D eigenvalue weighted by molar-refractivity contribution is 0.919.